The summed E-state index contributed by atoms with van der Waals surface area (Å²) in [5.41, 5.74) is -0.393. The van der Waals surface area contributed by atoms with E-state index in [-0.39, 0.29) is 17.6 Å². The van der Waals surface area contributed by atoms with Gasteiger partial charge in [0.2, 0.25) is 0 Å². The van der Waals surface area contributed by atoms with Crippen LogP contribution in [0.15, 0.2) is 28.4 Å². The number of nitrogens with one attached hydrogen (secondary N) is 2. The standard InChI is InChI=1S/C22H37N4O5P/c1-5-9-18-14-20(26-15-17(4)21(28)24-22(26)29)31-19(18)16-30-32(23-10-8-13-27)25(11-6-2)12-7-3/h5,13,15,18-20,23H,1,6-12,14,16H2,2-4H3,(H,24,28,29)/t18?,19-,20-,32?/m1/s1. The number of aromatic amines is 1. The third-order valence-corrected chi connectivity index (χ3v) is 7.18. The van der Waals surface area contributed by atoms with E-state index < -0.39 is 20.4 Å². The van der Waals surface area contributed by atoms with Gasteiger partial charge >= 0.3 is 5.69 Å². The van der Waals surface area contributed by atoms with Gasteiger partial charge in [-0.25, -0.2) is 9.46 Å². The number of allylic oxidation sites excluding steroid dienone is 1. The summed E-state index contributed by atoms with van der Waals surface area (Å²) in [6, 6.07) is 0. The zero-order chi connectivity index (χ0) is 23.5. The van der Waals surface area contributed by atoms with Crippen LogP contribution in [0.2, 0.25) is 0 Å². The summed E-state index contributed by atoms with van der Waals surface area (Å²) >= 11 is 0. The van der Waals surface area contributed by atoms with Gasteiger partial charge in [0.15, 0.2) is 8.45 Å². The van der Waals surface area contributed by atoms with Crippen molar-refractivity contribution < 1.29 is 14.1 Å². The van der Waals surface area contributed by atoms with Gasteiger partial charge in [0.05, 0.1) is 12.7 Å². The lowest BCUT2D eigenvalue weighted by Gasteiger charge is -2.31. The predicted molar refractivity (Wildman–Crippen MR) is 127 cm³/mol. The smallest absolute Gasteiger partial charge is 0.330 e. The number of hydrogen-bond donors (Lipinski definition) is 2. The van der Waals surface area contributed by atoms with Gasteiger partial charge < -0.3 is 14.1 Å². The maximum Gasteiger partial charge on any atom is 0.330 e. The quantitative estimate of drug-likeness (QED) is 0.176. The maximum atomic E-state index is 12.3. The van der Waals surface area contributed by atoms with Crippen molar-refractivity contribution in [2.45, 2.75) is 65.2 Å². The van der Waals surface area contributed by atoms with Crippen LogP contribution < -0.4 is 16.3 Å². The Morgan fingerprint density at radius 2 is 2.09 bits per heavy atom. The fraction of sp³-hybridized carbons (Fsp3) is 0.682. The minimum absolute atomic E-state index is 0.147. The number of aldehydes is 1. The number of H-pyrrole nitrogens is 1. The van der Waals surface area contributed by atoms with Crippen LogP contribution in [0, 0.1) is 12.8 Å². The lowest BCUT2D eigenvalue weighted by Crippen LogP contribution is -2.33. The molecule has 1 fully saturated rings. The highest BCUT2D eigenvalue weighted by molar-refractivity contribution is 7.47. The van der Waals surface area contributed by atoms with Crippen LogP contribution in [0.4, 0.5) is 0 Å². The van der Waals surface area contributed by atoms with Gasteiger partial charge in [-0.3, -0.25) is 19.4 Å². The van der Waals surface area contributed by atoms with Crippen molar-refractivity contribution in [2.75, 3.05) is 26.2 Å². The molecule has 0 aliphatic carbocycles. The number of carbonyl (C=O) groups excluding carboxylic acids is 1. The molecule has 1 aliphatic heterocycles. The Balaban J connectivity index is 2.13. The van der Waals surface area contributed by atoms with Crippen LogP contribution in [0.25, 0.3) is 0 Å². The molecule has 2 N–H and O–H groups in total. The lowest BCUT2D eigenvalue weighted by molar-refractivity contribution is -0.107. The van der Waals surface area contributed by atoms with Crippen molar-refractivity contribution in [3.05, 3.63) is 45.3 Å². The highest BCUT2D eigenvalue weighted by Gasteiger charge is 2.37. The maximum absolute atomic E-state index is 12.3. The molecule has 2 unspecified atom stereocenters. The summed E-state index contributed by atoms with van der Waals surface area (Å²) in [6.45, 7) is 12.5. The molecule has 1 saturated heterocycles. The first-order valence-electron chi connectivity index (χ1n) is 11.4. The fourth-order valence-electron chi connectivity index (χ4n) is 3.80. The average Bonchev–Trinajstić information content (AvgIpc) is 3.16. The third kappa shape index (κ3) is 7.46. The van der Waals surface area contributed by atoms with Crippen molar-refractivity contribution in [1.29, 1.82) is 0 Å². The number of nitrogens with zero attached hydrogens (tertiary/aromatic N) is 2. The average molecular weight is 469 g/mol. The van der Waals surface area contributed by atoms with Crippen molar-refractivity contribution in [3.63, 3.8) is 0 Å². The highest BCUT2D eigenvalue weighted by atomic mass is 31.2. The van der Waals surface area contributed by atoms with E-state index in [1.165, 1.54) is 4.57 Å². The molecule has 180 valence electrons. The Morgan fingerprint density at radius 1 is 1.38 bits per heavy atom. The summed E-state index contributed by atoms with van der Waals surface area (Å²) < 4.78 is 16.3. The first kappa shape index (κ1) is 26.6. The van der Waals surface area contributed by atoms with Gasteiger partial charge in [0, 0.05) is 37.8 Å². The number of ether oxygens (including phenoxy) is 1. The van der Waals surface area contributed by atoms with E-state index in [1.807, 2.05) is 6.08 Å². The molecule has 0 spiro atoms. The van der Waals surface area contributed by atoms with Gasteiger partial charge in [-0.1, -0.05) is 19.9 Å². The Morgan fingerprint density at radius 3 is 2.72 bits per heavy atom. The van der Waals surface area contributed by atoms with Crippen LogP contribution in [-0.4, -0.2) is 52.9 Å². The van der Waals surface area contributed by atoms with E-state index in [2.05, 4.69) is 35.2 Å². The molecule has 10 heteroatoms. The topological polar surface area (TPSA) is 106 Å². The molecule has 4 atom stereocenters. The lowest BCUT2D eigenvalue weighted by atomic mass is 9.97. The molecule has 1 aromatic heterocycles. The summed E-state index contributed by atoms with van der Waals surface area (Å²) in [5.74, 6) is 0.147. The van der Waals surface area contributed by atoms with Gasteiger partial charge in [-0.05, 0) is 38.5 Å². The van der Waals surface area contributed by atoms with Crippen LogP contribution in [0.1, 0.15) is 57.7 Å². The van der Waals surface area contributed by atoms with Gasteiger partial charge in [-0.15, -0.1) is 6.58 Å². The number of aryl methyl sites for hydroxylation is 1. The Kier molecular flexibility index (Phi) is 11.5. The first-order chi connectivity index (χ1) is 15.4. The normalized spacial score (nSPS) is 21.7. The van der Waals surface area contributed by atoms with E-state index in [1.54, 1.807) is 13.1 Å². The largest absolute Gasteiger partial charge is 0.352 e. The Labute approximate surface area is 191 Å². The van der Waals surface area contributed by atoms with Crippen molar-refractivity contribution in [1.82, 2.24) is 19.3 Å². The molecule has 1 aromatic rings. The second kappa shape index (κ2) is 13.8. The minimum atomic E-state index is -1.07. The van der Waals surface area contributed by atoms with Gasteiger partial charge in [0.25, 0.3) is 5.56 Å². The molecule has 0 bridgehead atoms. The van der Waals surface area contributed by atoms with Crippen LogP contribution in [-0.2, 0) is 14.1 Å². The highest BCUT2D eigenvalue weighted by Crippen LogP contribution is 2.41. The number of carbonyl (C=O) groups is 1. The third-order valence-electron chi connectivity index (χ3n) is 5.38. The first-order valence-corrected chi connectivity index (χ1v) is 12.6. The molecule has 0 saturated carbocycles. The molecule has 2 rings (SSSR count). The van der Waals surface area contributed by atoms with Crippen molar-refractivity contribution in [2.24, 2.45) is 5.92 Å². The van der Waals surface area contributed by atoms with Crippen molar-refractivity contribution in [3.8, 4) is 0 Å². The Bertz CT molecular complexity index is 836. The SMILES string of the molecule is C=CCC1C[C@H](n2cc(C)c(=O)[nH]c2=O)O[C@@H]1COP(NCCC=O)N(CCC)CCC. The monoisotopic (exact) mass is 468 g/mol. The van der Waals surface area contributed by atoms with Crippen molar-refractivity contribution >= 4 is 14.7 Å². The number of rotatable bonds is 15. The van der Waals surface area contributed by atoms with E-state index in [4.69, 9.17) is 9.26 Å². The van der Waals surface area contributed by atoms with E-state index in [0.29, 0.717) is 31.6 Å². The van der Waals surface area contributed by atoms with Crippen LogP contribution in [0.3, 0.4) is 0 Å². The molecular formula is C22H37N4O5P. The number of aromatic nitrogens is 2. The predicted octanol–water partition coefficient (Wildman–Crippen LogP) is 2.87. The van der Waals surface area contributed by atoms with E-state index >= 15 is 0 Å². The zero-order valence-corrected chi connectivity index (χ0v) is 20.3. The summed E-state index contributed by atoms with van der Waals surface area (Å²) in [6.07, 6.45) is 7.46. The molecule has 0 amide bonds. The van der Waals surface area contributed by atoms with E-state index in [0.717, 1.165) is 38.6 Å². The number of hydrogen-bond acceptors (Lipinski definition) is 7. The summed E-state index contributed by atoms with van der Waals surface area (Å²) in [4.78, 5) is 37.2. The summed E-state index contributed by atoms with van der Waals surface area (Å²) in [5, 5.41) is 3.39. The molecule has 9 nitrogen and oxygen atoms in total. The van der Waals surface area contributed by atoms with Crippen LogP contribution in [0.5, 0.6) is 0 Å². The van der Waals surface area contributed by atoms with Crippen LogP contribution >= 0.6 is 8.45 Å². The van der Waals surface area contributed by atoms with E-state index in [9.17, 15) is 14.4 Å². The second-order valence-electron chi connectivity index (χ2n) is 8.01. The zero-order valence-electron chi connectivity index (χ0n) is 19.4. The molecule has 0 aromatic carbocycles. The Hall–Kier alpha value is -1.64. The molecular weight excluding hydrogens is 431 g/mol. The fourth-order valence-corrected chi connectivity index (χ4v) is 5.62. The second-order valence-corrected chi connectivity index (χ2v) is 9.70. The molecule has 1 aliphatic rings. The molecule has 2 heterocycles. The van der Waals surface area contributed by atoms with Gasteiger partial charge in [0.1, 0.15) is 12.5 Å². The molecule has 0 radical (unpaired) electrons. The summed E-state index contributed by atoms with van der Waals surface area (Å²) in [7, 11) is -1.07. The minimum Gasteiger partial charge on any atom is -0.352 e. The molecule has 32 heavy (non-hydrogen) atoms. The van der Waals surface area contributed by atoms with Gasteiger partial charge in [-0.2, -0.15) is 0 Å².